The van der Waals surface area contributed by atoms with E-state index < -0.39 is 6.10 Å². The summed E-state index contributed by atoms with van der Waals surface area (Å²) in [6.07, 6.45) is 0.0330. The number of esters is 1. The van der Waals surface area contributed by atoms with Crippen LogP contribution in [0.4, 0.5) is 0 Å². The Balaban J connectivity index is 2.03. The average Bonchev–Trinajstić information content (AvgIpc) is 2.75. The molecule has 19 heavy (non-hydrogen) atoms. The van der Waals surface area contributed by atoms with Crippen LogP contribution in [-0.4, -0.2) is 29.1 Å². The first-order valence-corrected chi connectivity index (χ1v) is 7.00. The second kappa shape index (κ2) is 4.17. The van der Waals surface area contributed by atoms with Crippen LogP contribution in [0.15, 0.2) is 12.2 Å². The lowest BCUT2D eigenvalue weighted by molar-refractivity contribution is -0.147. The fourth-order valence-electron chi connectivity index (χ4n) is 4.24. The standard InChI is InChI=1S/C15H20O4/c1-6-4-11(17)13-8(3)15(18)19-14(13)12-7(2)10(16)5-9(6)12/h7-9,11-14,17H,1,4-5H2,2-3H3/t7-,8-,9-,11-,12-,13+,14+/m0/s1. The monoisotopic (exact) mass is 264 g/mol. The number of ketones is 1. The minimum Gasteiger partial charge on any atom is -0.461 e. The third-order valence-corrected chi connectivity index (χ3v) is 5.37. The minimum absolute atomic E-state index is 0.00366. The van der Waals surface area contributed by atoms with Gasteiger partial charge in [0.25, 0.3) is 0 Å². The maximum Gasteiger partial charge on any atom is 0.309 e. The van der Waals surface area contributed by atoms with Gasteiger partial charge in [0.1, 0.15) is 11.9 Å². The van der Waals surface area contributed by atoms with Gasteiger partial charge >= 0.3 is 5.97 Å². The molecule has 3 aliphatic rings. The smallest absolute Gasteiger partial charge is 0.309 e. The van der Waals surface area contributed by atoms with E-state index >= 15 is 0 Å². The van der Waals surface area contributed by atoms with Crippen molar-refractivity contribution in [2.45, 2.75) is 38.9 Å². The summed E-state index contributed by atoms with van der Waals surface area (Å²) < 4.78 is 5.52. The van der Waals surface area contributed by atoms with Gasteiger partial charge in [0, 0.05) is 24.2 Å². The van der Waals surface area contributed by atoms with Gasteiger partial charge in [0.2, 0.25) is 0 Å². The molecular formula is C15H20O4. The molecular weight excluding hydrogens is 244 g/mol. The zero-order valence-electron chi connectivity index (χ0n) is 11.3. The van der Waals surface area contributed by atoms with Crippen molar-refractivity contribution in [3.63, 3.8) is 0 Å². The fraction of sp³-hybridized carbons (Fsp3) is 0.733. The first-order valence-electron chi connectivity index (χ1n) is 7.00. The number of hydrogen-bond acceptors (Lipinski definition) is 4. The number of aliphatic hydroxyl groups excluding tert-OH is 1. The van der Waals surface area contributed by atoms with E-state index in [2.05, 4.69) is 6.58 Å². The number of fused-ring (bicyclic) bond motifs is 3. The van der Waals surface area contributed by atoms with E-state index in [0.717, 1.165) is 5.57 Å². The number of aliphatic hydroxyl groups is 1. The molecule has 1 N–H and O–H groups in total. The molecule has 0 unspecified atom stereocenters. The van der Waals surface area contributed by atoms with Crippen molar-refractivity contribution in [3.8, 4) is 0 Å². The van der Waals surface area contributed by atoms with Gasteiger partial charge in [0.15, 0.2) is 0 Å². The molecule has 2 aliphatic carbocycles. The van der Waals surface area contributed by atoms with Crippen molar-refractivity contribution >= 4 is 11.8 Å². The van der Waals surface area contributed by atoms with Gasteiger partial charge in [-0.25, -0.2) is 0 Å². The summed E-state index contributed by atoms with van der Waals surface area (Å²) in [6, 6.07) is 0. The summed E-state index contributed by atoms with van der Waals surface area (Å²) in [5, 5.41) is 10.3. The topological polar surface area (TPSA) is 63.6 Å². The van der Waals surface area contributed by atoms with E-state index in [1.165, 1.54) is 0 Å². The van der Waals surface area contributed by atoms with Crippen LogP contribution < -0.4 is 0 Å². The molecule has 4 nitrogen and oxygen atoms in total. The Morgan fingerprint density at radius 2 is 1.84 bits per heavy atom. The normalized spacial score (nSPS) is 49.6. The fourth-order valence-corrected chi connectivity index (χ4v) is 4.24. The predicted molar refractivity (Wildman–Crippen MR) is 68.1 cm³/mol. The van der Waals surface area contributed by atoms with Crippen LogP contribution in [0.5, 0.6) is 0 Å². The van der Waals surface area contributed by atoms with Crippen molar-refractivity contribution in [1.29, 1.82) is 0 Å². The van der Waals surface area contributed by atoms with Crippen LogP contribution in [0.3, 0.4) is 0 Å². The van der Waals surface area contributed by atoms with Gasteiger partial charge in [-0.1, -0.05) is 26.0 Å². The lowest BCUT2D eigenvalue weighted by Gasteiger charge is -2.29. The Labute approximate surface area is 112 Å². The van der Waals surface area contributed by atoms with Crippen molar-refractivity contribution in [1.82, 2.24) is 0 Å². The van der Waals surface area contributed by atoms with Crippen LogP contribution in [0.2, 0.25) is 0 Å². The van der Waals surface area contributed by atoms with E-state index in [4.69, 9.17) is 4.74 Å². The third-order valence-electron chi connectivity index (χ3n) is 5.37. The molecule has 4 heteroatoms. The molecule has 0 aromatic carbocycles. The highest BCUT2D eigenvalue weighted by Crippen LogP contribution is 2.51. The Hall–Kier alpha value is -1.16. The molecule has 0 bridgehead atoms. The van der Waals surface area contributed by atoms with Gasteiger partial charge in [0.05, 0.1) is 12.0 Å². The van der Waals surface area contributed by atoms with E-state index in [0.29, 0.717) is 12.8 Å². The maximum atomic E-state index is 12.0. The van der Waals surface area contributed by atoms with Gasteiger partial charge in [-0.15, -0.1) is 0 Å². The number of ether oxygens (including phenoxy) is 1. The van der Waals surface area contributed by atoms with Crippen molar-refractivity contribution in [2.75, 3.05) is 0 Å². The molecule has 3 rings (SSSR count). The number of hydrogen-bond donors (Lipinski definition) is 1. The zero-order valence-corrected chi connectivity index (χ0v) is 11.3. The van der Waals surface area contributed by atoms with E-state index in [-0.39, 0.29) is 47.4 Å². The molecule has 104 valence electrons. The molecule has 0 spiro atoms. The summed E-state index contributed by atoms with van der Waals surface area (Å²) in [5.74, 6) is -0.574. The molecule has 2 saturated carbocycles. The lowest BCUT2D eigenvalue weighted by Crippen LogP contribution is -2.37. The van der Waals surface area contributed by atoms with Crippen LogP contribution >= 0.6 is 0 Å². The Morgan fingerprint density at radius 3 is 2.53 bits per heavy atom. The van der Waals surface area contributed by atoms with Crippen LogP contribution in [0, 0.1) is 29.6 Å². The molecule has 0 radical (unpaired) electrons. The summed E-state index contributed by atoms with van der Waals surface area (Å²) in [5.41, 5.74) is 0.938. The summed E-state index contributed by atoms with van der Waals surface area (Å²) in [7, 11) is 0. The second-order valence-electron chi connectivity index (χ2n) is 6.34. The van der Waals surface area contributed by atoms with E-state index in [1.807, 2.05) is 6.92 Å². The molecule has 0 aromatic rings. The highest BCUT2D eigenvalue weighted by atomic mass is 16.6. The van der Waals surface area contributed by atoms with Crippen molar-refractivity contribution in [3.05, 3.63) is 12.2 Å². The number of Topliss-reactive ketones (excluding diaryl/α,β-unsaturated/α-hetero) is 1. The third kappa shape index (κ3) is 1.69. The number of rotatable bonds is 0. The first-order chi connectivity index (χ1) is 8.91. The SMILES string of the molecule is C=C1C[C@H](O)[C@@H]2[C@H](OC(=O)[C@H]2C)[C@H]2[C@@H](C)C(=O)C[C@@H]12. The van der Waals surface area contributed by atoms with Gasteiger partial charge in [-0.05, 0) is 12.3 Å². The summed E-state index contributed by atoms with van der Waals surface area (Å²) in [6.45, 7) is 7.77. The summed E-state index contributed by atoms with van der Waals surface area (Å²) >= 11 is 0. The van der Waals surface area contributed by atoms with Crippen molar-refractivity contribution < 1.29 is 19.4 Å². The van der Waals surface area contributed by atoms with Crippen LogP contribution in [-0.2, 0) is 14.3 Å². The zero-order chi connectivity index (χ0) is 13.9. The van der Waals surface area contributed by atoms with Gasteiger partial charge < -0.3 is 9.84 Å². The predicted octanol–water partition coefficient (Wildman–Crippen LogP) is 1.33. The molecule has 1 aliphatic heterocycles. The number of carbonyl (C=O) groups excluding carboxylic acids is 2. The largest absolute Gasteiger partial charge is 0.461 e. The first kappa shape index (κ1) is 12.9. The van der Waals surface area contributed by atoms with Crippen molar-refractivity contribution in [2.24, 2.45) is 29.6 Å². The Kier molecular flexibility index (Phi) is 2.82. The molecule has 1 saturated heterocycles. The average molecular weight is 264 g/mol. The molecule has 0 aromatic heterocycles. The summed E-state index contributed by atoms with van der Waals surface area (Å²) in [4.78, 5) is 23.8. The van der Waals surface area contributed by atoms with E-state index in [9.17, 15) is 14.7 Å². The number of carbonyl (C=O) groups is 2. The quantitative estimate of drug-likeness (QED) is 0.529. The Bertz CT molecular complexity index is 455. The second-order valence-corrected chi connectivity index (χ2v) is 6.34. The molecule has 0 amide bonds. The minimum atomic E-state index is -0.591. The van der Waals surface area contributed by atoms with Crippen LogP contribution in [0.1, 0.15) is 26.7 Å². The van der Waals surface area contributed by atoms with Crippen LogP contribution in [0.25, 0.3) is 0 Å². The van der Waals surface area contributed by atoms with E-state index in [1.54, 1.807) is 6.92 Å². The Morgan fingerprint density at radius 1 is 1.16 bits per heavy atom. The van der Waals surface area contributed by atoms with Gasteiger partial charge in [-0.3, -0.25) is 9.59 Å². The molecule has 1 heterocycles. The molecule has 3 fully saturated rings. The van der Waals surface area contributed by atoms with Gasteiger partial charge in [-0.2, -0.15) is 0 Å². The highest BCUT2D eigenvalue weighted by molar-refractivity contribution is 5.84. The maximum absolute atomic E-state index is 12.0. The highest BCUT2D eigenvalue weighted by Gasteiger charge is 2.57. The lowest BCUT2D eigenvalue weighted by atomic mass is 9.77. The molecule has 7 atom stereocenters.